The number of hydrogen-bond acceptors (Lipinski definition) is 4. The summed E-state index contributed by atoms with van der Waals surface area (Å²) in [6.07, 6.45) is 0. The summed E-state index contributed by atoms with van der Waals surface area (Å²) in [5, 5.41) is 7.33. The Morgan fingerprint density at radius 1 is 1.38 bits per heavy atom. The van der Waals surface area contributed by atoms with Crippen molar-refractivity contribution in [3.8, 4) is 0 Å². The first-order chi connectivity index (χ1) is 7.65. The highest BCUT2D eigenvalue weighted by atomic mass is 79.9. The summed E-state index contributed by atoms with van der Waals surface area (Å²) in [4.78, 5) is 8.79. The molecule has 0 aliphatic heterocycles. The van der Waals surface area contributed by atoms with Gasteiger partial charge >= 0.3 is 0 Å². The largest absolute Gasteiger partial charge is 0.339 e. The van der Waals surface area contributed by atoms with Crippen molar-refractivity contribution in [2.75, 3.05) is 5.32 Å². The van der Waals surface area contributed by atoms with Crippen LogP contribution in [-0.4, -0.2) is 9.97 Å². The number of rotatable bonds is 3. The van der Waals surface area contributed by atoms with E-state index in [9.17, 15) is 0 Å². The highest BCUT2D eigenvalue weighted by Crippen LogP contribution is 2.21. The first-order valence-electron chi connectivity index (χ1n) is 4.99. The lowest BCUT2D eigenvalue weighted by molar-refractivity contribution is 0.771. The molecule has 84 valence electrons. The molecular weight excluding hydrogens is 286 g/mol. The Hall–Kier alpha value is -0.940. The number of nitrogens with zero attached hydrogens (tertiary/aromatic N) is 2. The minimum absolute atomic E-state index is 0.320. The summed E-state index contributed by atoms with van der Waals surface area (Å²) in [6, 6.07) is 3.90. The molecule has 0 spiro atoms. The number of aromatic nitrogens is 2. The fraction of sp³-hybridized carbons (Fsp3) is 0.273. The molecule has 0 atom stereocenters. The molecular formula is C11H12BrN3S. The van der Waals surface area contributed by atoms with E-state index in [4.69, 9.17) is 0 Å². The third-order valence-corrected chi connectivity index (χ3v) is 3.11. The van der Waals surface area contributed by atoms with Gasteiger partial charge in [0.15, 0.2) is 0 Å². The van der Waals surface area contributed by atoms with Crippen LogP contribution in [-0.2, 0) is 0 Å². The van der Waals surface area contributed by atoms with Crippen LogP contribution < -0.4 is 5.32 Å². The molecule has 0 saturated carbocycles. The third kappa shape index (κ3) is 2.80. The summed E-state index contributed by atoms with van der Waals surface area (Å²) in [6.45, 7) is 4.16. The maximum absolute atomic E-state index is 4.46. The zero-order valence-electron chi connectivity index (χ0n) is 9.07. The molecule has 0 aliphatic carbocycles. The molecule has 0 aliphatic rings. The zero-order valence-corrected chi connectivity index (χ0v) is 11.5. The Bertz CT molecular complexity index is 468. The van der Waals surface area contributed by atoms with Crippen LogP contribution in [0.2, 0.25) is 0 Å². The molecule has 0 aromatic carbocycles. The average molecular weight is 298 g/mol. The van der Waals surface area contributed by atoms with Gasteiger partial charge in [-0.1, -0.05) is 13.8 Å². The average Bonchev–Trinajstić information content (AvgIpc) is 2.69. The Morgan fingerprint density at radius 2 is 2.19 bits per heavy atom. The van der Waals surface area contributed by atoms with E-state index in [1.54, 1.807) is 11.3 Å². The number of nitrogens with one attached hydrogen (secondary N) is 1. The summed E-state index contributed by atoms with van der Waals surface area (Å²) in [5.41, 5.74) is 1.06. The summed E-state index contributed by atoms with van der Waals surface area (Å²) >= 11 is 5.05. The SMILES string of the molecule is CC(C)c1nc(Br)cc(Nc2ccsc2)n1. The van der Waals surface area contributed by atoms with Gasteiger partial charge in [0.05, 0.1) is 5.69 Å². The normalized spacial score (nSPS) is 10.8. The number of hydrogen-bond donors (Lipinski definition) is 1. The topological polar surface area (TPSA) is 37.8 Å². The molecule has 2 heterocycles. The Morgan fingerprint density at radius 3 is 2.81 bits per heavy atom. The number of halogens is 1. The molecule has 2 aromatic heterocycles. The van der Waals surface area contributed by atoms with E-state index in [1.807, 2.05) is 22.9 Å². The Labute approximate surface area is 107 Å². The molecule has 0 unspecified atom stereocenters. The van der Waals surface area contributed by atoms with Gasteiger partial charge in [0, 0.05) is 17.4 Å². The Balaban J connectivity index is 2.27. The van der Waals surface area contributed by atoms with Gasteiger partial charge in [0.25, 0.3) is 0 Å². The lowest BCUT2D eigenvalue weighted by atomic mass is 10.2. The smallest absolute Gasteiger partial charge is 0.135 e. The van der Waals surface area contributed by atoms with Crippen LogP contribution in [0.4, 0.5) is 11.5 Å². The van der Waals surface area contributed by atoms with E-state index >= 15 is 0 Å². The Kier molecular flexibility index (Phi) is 3.56. The van der Waals surface area contributed by atoms with E-state index in [0.717, 1.165) is 21.9 Å². The minimum Gasteiger partial charge on any atom is -0.339 e. The van der Waals surface area contributed by atoms with Gasteiger partial charge in [0.1, 0.15) is 16.2 Å². The summed E-state index contributed by atoms with van der Waals surface area (Å²) in [5.74, 6) is 1.98. The molecule has 1 N–H and O–H groups in total. The van der Waals surface area contributed by atoms with Gasteiger partial charge in [-0.15, -0.1) is 0 Å². The highest BCUT2D eigenvalue weighted by molar-refractivity contribution is 9.10. The van der Waals surface area contributed by atoms with Gasteiger partial charge in [-0.05, 0) is 27.4 Å². The van der Waals surface area contributed by atoms with E-state index in [1.165, 1.54) is 0 Å². The van der Waals surface area contributed by atoms with Crippen molar-refractivity contribution in [3.05, 3.63) is 33.3 Å². The van der Waals surface area contributed by atoms with Crippen molar-refractivity contribution < 1.29 is 0 Å². The monoisotopic (exact) mass is 297 g/mol. The van der Waals surface area contributed by atoms with Crippen LogP contribution in [0.1, 0.15) is 25.6 Å². The zero-order chi connectivity index (χ0) is 11.5. The molecule has 16 heavy (non-hydrogen) atoms. The van der Waals surface area contributed by atoms with E-state index < -0.39 is 0 Å². The van der Waals surface area contributed by atoms with Crippen molar-refractivity contribution in [2.45, 2.75) is 19.8 Å². The summed E-state index contributed by atoms with van der Waals surface area (Å²) < 4.78 is 0.809. The van der Waals surface area contributed by atoms with Gasteiger partial charge in [-0.25, -0.2) is 9.97 Å². The quantitative estimate of drug-likeness (QED) is 0.864. The maximum Gasteiger partial charge on any atom is 0.135 e. The third-order valence-electron chi connectivity index (χ3n) is 2.02. The number of thiophene rings is 1. The molecule has 0 bridgehead atoms. The van der Waals surface area contributed by atoms with Crippen LogP contribution >= 0.6 is 27.3 Å². The van der Waals surface area contributed by atoms with Crippen LogP contribution in [0.15, 0.2) is 27.5 Å². The molecule has 0 amide bonds. The molecule has 0 fully saturated rings. The first-order valence-corrected chi connectivity index (χ1v) is 6.72. The standard InChI is InChI=1S/C11H12BrN3S/c1-7(2)11-14-9(12)5-10(15-11)13-8-3-4-16-6-8/h3-7H,1-2H3,(H,13,14,15). The van der Waals surface area contributed by atoms with E-state index in [0.29, 0.717) is 5.92 Å². The second-order valence-corrected chi connectivity index (χ2v) is 5.32. The van der Waals surface area contributed by atoms with Crippen molar-refractivity contribution in [1.82, 2.24) is 9.97 Å². The van der Waals surface area contributed by atoms with Crippen LogP contribution in [0, 0.1) is 0 Å². The van der Waals surface area contributed by atoms with E-state index in [-0.39, 0.29) is 0 Å². The van der Waals surface area contributed by atoms with E-state index in [2.05, 4.69) is 45.1 Å². The first kappa shape index (κ1) is 11.5. The van der Waals surface area contributed by atoms with Crippen molar-refractivity contribution in [2.24, 2.45) is 0 Å². The molecule has 2 rings (SSSR count). The predicted molar refractivity (Wildman–Crippen MR) is 71.4 cm³/mol. The van der Waals surface area contributed by atoms with Gasteiger partial charge in [0.2, 0.25) is 0 Å². The van der Waals surface area contributed by atoms with Gasteiger partial charge < -0.3 is 5.32 Å². The maximum atomic E-state index is 4.46. The predicted octanol–water partition coefficient (Wildman–Crippen LogP) is 4.17. The van der Waals surface area contributed by atoms with Crippen molar-refractivity contribution in [3.63, 3.8) is 0 Å². The lowest BCUT2D eigenvalue weighted by Gasteiger charge is -2.08. The van der Waals surface area contributed by atoms with Crippen molar-refractivity contribution >= 4 is 38.8 Å². The molecule has 5 heteroatoms. The number of anilines is 2. The fourth-order valence-corrected chi connectivity index (χ4v) is 2.23. The fourth-order valence-electron chi connectivity index (χ4n) is 1.24. The van der Waals surface area contributed by atoms with Gasteiger partial charge in [-0.3, -0.25) is 0 Å². The lowest BCUT2D eigenvalue weighted by Crippen LogP contribution is -2.01. The van der Waals surface area contributed by atoms with Crippen LogP contribution in [0.25, 0.3) is 0 Å². The summed E-state index contributed by atoms with van der Waals surface area (Å²) in [7, 11) is 0. The minimum atomic E-state index is 0.320. The van der Waals surface area contributed by atoms with Gasteiger partial charge in [-0.2, -0.15) is 11.3 Å². The van der Waals surface area contributed by atoms with Crippen molar-refractivity contribution in [1.29, 1.82) is 0 Å². The van der Waals surface area contributed by atoms with Crippen LogP contribution in [0.3, 0.4) is 0 Å². The molecule has 3 nitrogen and oxygen atoms in total. The molecule has 0 saturated heterocycles. The molecule has 0 radical (unpaired) electrons. The molecule has 2 aromatic rings. The second kappa shape index (κ2) is 4.93. The van der Waals surface area contributed by atoms with Crippen LogP contribution in [0.5, 0.6) is 0 Å². The highest BCUT2D eigenvalue weighted by Gasteiger charge is 2.06. The second-order valence-electron chi connectivity index (χ2n) is 3.73.